The lowest BCUT2D eigenvalue weighted by Gasteiger charge is -2.17. The Morgan fingerprint density at radius 3 is 2.30 bits per heavy atom. The van der Waals surface area contributed by atoms with Gasteiger partial charge in [-0.2, -0.15) is 0 Å². The number of nitrogens with zero attached hydrogens (tertiary/aromatic N) is 1. The predicted molar refractivity (Wildman–Crippen MR) is 80.8 cm³/mol. The zero-order valence-corrected chi connectivity index (χ0v) is 13.2. The van der Waals surface area contributed by atoms with E-state index in [9.17, 15) is 9.59 Å². The Kier molecular flexibility index (Phi) is 4.43. The van der Waals surface area contributed by atoms with Gasteiger partial charge in [-0.3, -0.25) is 14.5 Å². The Morgan fingerprint density at radius 1 is 1.10 bits per heavy atom. The Hall–Kier alpha value is -1.03. The summed E-state index contributed by atoms with van der Waals surface area (Å²) in [7, 11) is 0. The fraction of sp³-hybridized carbons (Fsp3) is 0.286. The van der Waals surface area contributed by atoms with E-state index in [0.717, 1.165) is 4.90 Å². The molecule has 1 aromatic rings. The Morgan fingerprint density at radius 2 is 1.75 bits per heavy atom. The average molecular weight is 333 g/mol. The first-order chi connectivity index (χ1) is 9.32. The van der Waals surface area contributed by atoms with Crippen molar-refractivity contribution in [2.75, 3.05) is 6.54 Å². The van der Waals surface area contributed by atoms with Gasteiger partial charge in [0.25, 0.3) is 11.8 Å². The minimum Gasteiger partial charge on any atom is -0.273 e. The van der Waals surface area contributed by atoms with Crippen LogP contribution in [0.3, 0.4) is 0 Å². The number of imide groups is 1. The van der Waals surface area contributed by atoms with Crippen molar-refractivity contribution in [1.29, 1.82) is 0 Å². The van der Waals surface area contributed by atoms with Crippen molar-refractivity contribution >= 4 is 52.2 Å². The van der Waals surface area contributed by atoms with Crippen LogP contribution in [0.15, 0.2) is 23.2 Å². The monoisotopic (exact) mass is 331 g/mol. The molecule has 3 nitrogen and oxygen atoms in total. The second kappa shape index (κ2) is 5.76. The summed E-state index contributed by atoms with van der Waals surface area (Å²) in [6, 6.07) is 4.70. The number of carbonyl (C=O) groups excluding carboxylic acids is 2. The first kappa shape index (κ1) is 15.4. The molecule has 0 radical (unpaired) electrons. The molecule has 1 aliphatic rings. The van der Waals surface area contributed by atoms with Crippen molar-refractivity contribution < 1.29 is 9.59 Å². The van der Waals surface area contributed by atoms with E-state index in [2.05, 4.69) is 0 Å². The van der Waals surface area contributed by atoms with Crippen molar-refractivity contribution in [2.24, 2.45) is 5.92 Å². The van der Waals surface area contributed by atoms with Gasteiger partial charge in [0.2, 0.25) is 0 Å². The first-order valence-corrected chi connectivity index (χ1v) is 7.17. The van der Waals surface area contributed by atoms with Crippen molar-refractivity contribution in [3.05, 3.63) is 38.8 Å². The van der Waals surface area contributed by atoms with E-state index < -0.39 is 11.8 Å². The summed E-state index contributed by atoms with van der Waals surface area (Å²) in [5.41, 5.74) is 0.560. The number of hydrogen-bond acceptors (Lipinski definition) is 2. The molecule has 0 aliphatic carbocycles. The number of carbonyl (C=O) groups is 2. The molecule has 0 spiro atoms. The van der Waals surface area contributed by atoms with Crippen LogP contribution in [-0.4, -0.2) is 23.3 Å². The number of benzene rings is 1. The molecule has 0 saturated heterocycles. The maximum atomic E-state index is 12.4. The highest BCUT2D eigenvalue weighted by Gasteiger charge is 2.38. The van der Waals surface area contributed by atoms with Crippen LogP contribution in [0.25, 0.3) is 5.57 Å². The average Bonchev–Trinajstić information content (AvgIpc) is 2.55. The molecule has 1 aromatic carbocycles. The van der Waals surface area contributed by atoms with Crippen LogP contribution in [0.4, 0.5) is 0 Å². The summed E-state index contributed by atoms with van der Waals surface area (Å²) in [5.74, 6) is -0.739. The van der Waals surface area contributed by atoms with Gasteiger partial charge in [-0.1, -0.05) is 54.7 Å². The van der Waals surface area contributed by atoms with Crippen molar-refractivity contribution in [1.82, 2.24) is 4.90 Å². The topological polar surface area (TPSA) is 37.4 Å². The third-order valence-corrected chi connectivity index (χ3v) is 3.76. The van der Waals surface area contributed by atoms with Crippen LogP contribution in [0.1, 0.15) is 19.4 Å². The van der Waals surface area contributed by atoms with Gasteiger partial charge in [-0.25, -0.2) is 0 Å². The van der Waals surface area contributed by atoms with Crippen LogP contribution in [-0.2, 0) is 9.59 Å². The smallest absolute Gasteiger partial charge is 0.273 e. The van der Waals surface area contributed by atoms with Crippen LogP contribution in [0.2, 0.25) is 10.0 Å². The second-order valence-electron chi connectivity index (χ2n) is 4.93. The minimum atomic E-state index is -0.480. The third-order valence-electron chi connectivity index (χ3n) is 2.86. The van der Waals surface area contributed by atoms with Gasteiger partial charge < -0.3 is 0 Å². The Bertz CT molecular complexity index is 623. The van der Waals surface area contributed by atoms with Crippen LogP contribution in [0.5, 0.6) is 0 Å². The molecule has 0 aromatic heterocycles. The number of amides is 2. The number of hydrogen-bond donors (Lipinski definition) is 0. The number of halogens is 3. The molecule has 1 aliphatic heterocycles. The molecule has 0 atom stereocenters. The molecule has 106 valence electrons. The van der Waals surface area contributed by atoms with Gasteiger partial charge in [0.15, 0.2) is 0 Å². The maximum Gasteiger partial charge on any atom is 0.273 e. The van der Waals surface area contributed by atoms with E-state index in [0.29, 0.717) is 17.1 Å². The van der Waals surface area contributed by atoms with Crippen molar-refractivity contribution in [3.8, 4) is 0 Å². The standard InChI is InChI=1S/C14H12Cl3NO2/c1-7(2)6-18-13(19)11(12(17)14(18)20)9-4-3-8(15)5-10(9)16/h3-5,7H,6H2,1-2H3. The molecular formula is C14H12Cl3NO2. The normalized spacial score (nSPS) is 15.8. The van der Waals surface area contributed by atoms with Gasteiger partial charge in [-0.15, -0.1) is 0 Å². The number of rotatable bonds is 3. The quantitative estimate of drug-likeness (QED) is 0.785. The van der Waals surface area contributed by atoms with Gasteiger partial charge in [0, 0.05) is 17.1 Å². The SMILES string of the molecule is CC(C)CN1C(=O)C(Cl)=C(c2ccc(Cl)cc2Cl)C1=O. The molecule has 2 rings (SSSR count). The Balaban J connectivity index is 2.46. The largest absolute Gasteiger partial charge is 0.273 e. The molecular weight excluding hydrogens is 321 g/mol. The van der Waals surface area contributed by atoms with E-state index in [1.165, 1.54) is 6.07 Å². The van der Waals surface area contributed by atoms with Crippen molar-refractivity contribution in [2.45, 2.75) is 13.8 Å². The van der Waals surface area contributed by atoms with Crippen LogP contribution < -0.4 is 0 Å². The molecule has 1 heterocycles. The lowest BCUT2D eigenvalue weighted by atomic mass is 10.1. The van der Waals surface area contributed by atoms with E-state index in [1.807, 2.05) is 13.8 Å². The van der Waals surface area contributed by atoms with Crippen LogP contribution >= 0.6 is 34.8 Å². The van der Waals surface area contributed by atoms with Crippen molar-refractivity contribution in [3.63, 3.8) is 0 Å². The fourth-order valence-corrected chi connectivity index (χ4v) is 2.79. The molecule has 0 bridgehead atoms. The highest BCUT2D eigenvalue weighted by molar-refractivity contribution is 6.55. The minimum absolute atomic E-state index is 0.0973. The molecule has 0 fully saturated rings. The summed E-state index contributed by atoms with van der Waals surface area (Å²) in [6.07, 6.45) is 0. The van der Waals surface area contributed by atoms with E-state index in [-0.39, 0.29) is 21.5 Å². The first-order valence-electron chi connectivity index (χ1n) is 6.04. The van der Waals surface area contributed by atoms with Gasteiger partial charge >= 0.3 is 0 Å². The highest BCUT2D eigenvalue weighted by Crippen LogP contribution is 2.36. The summed E-state index contributed by atoms with van der Waals surface area (Å²) < 4.78 is 0. The lowest BCUT2D eigenvalue weighted by molar-refractivity contribution is -0.137. The summed E-state index contributed by atoms with van der Waals surface area (Å²) in [6.45, 7) is 4.16. The summed E-state index contributed by atoms with van der Waals surface area (Å²) in [4.78, 5) is 25.6. The molecule has 0 unspecified atom stereocenters. The highest BCUT2D eigenvalue weighted by atomic mass is 35.5. The lowest BCUT2D eigenvalue weighted by Crippen LogP contribution is -2.34. The molecule has 6 heteroatoms. The summed E-state index contributed by atoms with van der Waals surface area (Å²) in [5, 5.41) is 0.643. The van der Waals surface area contributed by atoms with E-state index in [4.69, 9.17) is 34.8 Å². The van der Waals surface area contributed by atoms with E-state index >= 15 is 0 Å². The van der Waals surface area contributed by atoms with Gasteiger partial charge in [0.1, 0.15) is 5.03 Å². The van der Waals surface area contributed by atoms with Gasteiger partial charge in [0.05, 0.1) is 10.6 Å². The summed E-state index contributed by atoms with van der Waals surface area (Å²) >= 11 is 17.9. The second-order valence-corrected chi connectivity index (χ2v) is 6.15. The molecule has 2 amide bonds. The maximum absolute atomic E-state index is 12.4. The van der Waals surface area contributed by atoms with E-state index in [1.54, 1.807) is 12.1 Å². The predicted octanol–water partition coefficient (Wildman–Crippen LogP) is 3.97. The fourth-order valence-electron chi connectivity index (χ4n) is 2.00. The zero-order chi connectivity index (χ0) is 15.0. The Labute approximate surface area is 132 Å². The molecule has 0 N–H and O–H groups in total. The third kappa shape index (κ3) is 2.71. The van der Waals surface area contributed by atoms with Gasteiger partial charge in [-0.05, 0) is 18.1 Å². The zero-order valence-electron chi connectivity index (χ0n) is 10.9. The molecule has 20 heavy (non-hydrogen) atoms. The van der Waals surface area contributed by atoms with Crippen LogP contribution in [0, 0.1) is 5.92 Å². The molecule has 0 saturated carbocycles.